The van der Waals surface area contributed by atoms with Crippen LogP contribution in [0.5, 0.6) is 0 Å². The number of carbonyl (C=O) groups excluding carboxylic acids is 1. The summed E-state index contributed by atoms with van der Waals surface area (Å²) in [6.07, 6.45) is 1.60. The molecule has 1 atom stereocenters. The van der Waals surface area contributed by atoms with Crippen molar-refractivity contribution in [2.45, 2.75) is 33.1 Å². The summed E-state index contributed by atoms with van der Waals surface area (Å²) in [7, 11) is 0. The Morgan fingerprint density at radius 1 is 1.25 bits per heavy atom. The summed E-state index contributed by atoms with van der Waals surface area (Å²) < 4.78 is 0. The average molecular weight is 219 g/mol. The van der Waals surface area contributed by atoms with Gasteiger partial charge in [-0.15, -0.1) is 0 Å². The Labute approximate surface area is 98.3 Å². The van der Waals surface area contributed by atoms with Crippen LogP contribution in [0.4, 0.5) is 5.69 Å². The summed E-state index contributed by atoms with van der Waals surface area (Å²) in [5.41, 5.74) is 2.54. The minimum atomic E-state index is 0.300. The van der Waals surface area contributed by atoms with Gasteiger partial charge in [-0.2, -0.15) is 0 Å². The summed E-state index contributed by atoms with van der Waals surface area (Å²) in [5, 5.41) is 0. The first-order valence-electron chi connectivity index (χ1n) is 6.02. The van der Waals surface area contributed by atoms with E-state index >= 15 is 0 Å². The minimum Gasteiger partial charge on any atom is -0.372 e. The first-order valence-corrected chi connectivity index (χ1v) is 6.02. The molecule has 0 radical (unpaired) electrons. The summed E-state index contributed by atoms with van der Waals surface area (Å²) in [4.78, 5) is 12.9. The van der Waals surface area contributed by atoms with E-state index in [2.05, 4.69) is 43.9 Å². The highest BCUT2D eigenvalue weighted by atomic mass is 16.1. The van der Waals surface area contributed by atoms with Crippen LogP contribution in [0, 0.1) is 0 Å². The van der Waals surface area contributed by atoms with Gasteiger partial charge in [-0.25, -0.2) is 0 Å². The lowest BCUT2D eigenvalue weighted by Crippen LogP contribution is -2.23. The molecular weight excluding hydrogens is 198 g/mol. The molecular formula is C14H21NO. The van der Waals surface area contributed by atoms with E-state index in [9.17, 15) is 4.79 Å². The normalized spacial score (nSPS) is 12.2. The molecule has 1 aromatic carbocycles. The van der Waals surface area contributed by atoms with Crippen LogP contribution >= 0.6 is 0 Å². The third-order valence-corrected chi connectivity index (χ3v) is 3.02. The van der Waals surface area contributed by atoms with Gasteiger partial charge in [-0.1, -0.05) is 25.1 Å². The fourth-order valence-corrected chi connectivity index (χ4v) is 2.03. The lowest BCUT2D eigenvalue weighted by atomic mass is 9.96. The Bertz CT molecular complexity index is 331. The van der Waals surface area contributed by atoms with Gasteiger partial charge < -0.3 is 9.69 Å². The number of hydrogen-bond acceptors (Lipinski definition) is 2. The van der Waals surface area contributed by atoms with Crippen molar-refractivity contribution in [3.63, 3.8) is 0 Å². The number of para-hydroxylation sites is 1. The lowest BCUT2D eigenvalue weighted by Gasteiger charge is -2.26. The topological polar surface area (TPSA) is 20.3 Å². The van der Waals surface area contributed by atoms with Crippen molar-refractivity contribution in [1.82, 2.24) is 0 Å². The highest BCUT2D eigenvalue weighted by Gasteiger charge is 2.12. The van der Waals surface area contributed by atoms with Crippen molar-refractivity contribution < 1.29 is 4.79 Å². The molecule has 0 spiro atoms. The number of aldehydes is 1. The lowest BCUT2D eigenvalue weighted by molar-refractivity contribution is -0.108. The molecule has 88 valence electrons. The van der Waals surface area contributed by atoms with Crippen LogP contribution in [0.15, 0.2) is 24.3 Å². The van der Waals surface area contributed by atoms with E-state index in [4.69, 9.17) is 0 Å². The van der Waals surface area contributed by atoms with Gasteiger partial charge in [-0.05, 0) is 31.4 Å². The monoisotopic (exact) mass is 219 g/mol. The van der Waals surface area contributed by atoms with Crippen LogP contribution in [0.2, 0.25) is 0 Å². The van der Waals surface area contributed by atoms with Gasteiger partial charge in [0.05, 0.1) is 0 Å². The molecule has 0 aliphatic heterocycles. The molecule has 0 saturated heterocycles. The highest BCUT2D eigenvalue weighted by molar-refractivity contribution is 5.58. The number of hydrogen-bond donors (Lipinski definition) is 0. The van der Waals surface area contributed by atoms with Crippen LogP contribution in [-0.4, -0.2) is 19.4 Å². The van der Waals surface area contributed by atoms with E-state index in [1.807, 2.05) is 6.07 Å². The molecule has 0 heterocycles. The quantitative estimate of drug-likeness (QED) is 0.685. The fourth-order valence-electron chi connectivity index (χ4n) is 2.03. The van der Waals surface area contributed by atoms with Gasteiger partial charge in [-0.3, -0.25) is 0 Å². The largest absolute Gasteiger partial charge is 0.372 e. The van der Waals surface area contributed by atoms with E-state index in [-0.39, 0.29) is 0 Å². The van der Waals surface area contributed by atoms with Crippen LogP contribution in [0.25, 0.3) is 0 Å². The second kappa shape index (κ2) is 6.31. The molecule has 0 aliphatic carbocycles. The molecule has 0 aliphatic rings. The number of rotatable bonds is 6. The van der Waals surface area contributed by atoms with Crippen molar-refractivity contribution in [2.75, 3.05) is 18.0 Å². The predicted molar refractivity (Wildman–Crippen MR) is 69.1 cm³/mol. The molecule has 0 aromatic heterocycles. The Hall–Kier alpha value is -1.31. The standard InChI is InChI=1S/C14H21NO/c1-4-15(5-2)14-9-7-6-8-13(14)12(3)10-11-16/h6-9,11-12H,4-5,10H2,1-3H3. The Morgan fingerprint density at radius 3 is 2.44 bits per heavy atom. The van der Waals surface area contributed by atoms with Crippen molar-refractivity contribution in [2.24, 2.45) is 0 Å². The second-order valence-electron chi connectivity index (χ2n) is 4.03. The Kier molecular flexibility index (Phi) is 5.03. The molecule has 16 heavy (non-hydrogen) atoms. The zero-order valence-corrected chi connectivity index (χ0v) is 10.4. The minimum absolute atomic E-state index is 0.300. The molecule has 0 fully saturated rings. The van der Waals surface area contributed by atoms with Gasteiger partial charge in [0.1, 0.15) is 6.29 Å². The molecule has 0 N–H and O–H groups in total. The van der Waals surface area contributed by atoms with Crippen molar-refractivity contribution in [3.8, 4) is 0 Å². The van der Waals surface area contributed by atoms with Gasteiger partial charge in [0.25, 0.3) is 0 Å². The molecule has 1 aromatic rings. The van der Waals surface area contributed by atoms with E-state index < -0.39 is 0 Å². The maximum atomic E-state index is 10.6. The first kappa shape index (κ1) is 12.8. The van der Waals surface area contributed by atoms with Crippen molar-refractivity contribution in [3.05, 3.63) is 29.8 Å². The predicted octanol–water partition coefficient (Wildman–Crippen LogP) is 3.23. The third kappa shape index (κ3) is 2.84. The van der Waals surface area contributed by atoms with E-state index in [0.29, 0.717) is 12.3 Å². The maximum Gasteiger partial charge on any atom is 0.120 e. The summed E-state index contributed by atoms with van der Waals surface area (Å²) in [6, 6.07) is 8.37. The fraction of sp³-hybridized carbons (Fsp3) is 0.500. The number of benzene rings is 1. The molecule has 0 bridgehead atoms. The molecule has 1 rings (SSSR count). The molecule has 2 nitrogen and oxygen atoms in total. The van der Waals surface area contributed by atoms with Crippen LogP contribution in [-0.2, 0) is 4.79 Å². The van der Waals surface area contributed by atoms with Gasteiger partial charge >= 0.3 is 0 Å². The third-order valence-electron chi connectivity index (χ3n) is 3.02. The molecule has 0 saturated carbocycles. The Morgan fingerprint density at radius 2 is 1.88 bits per heavy atom. The van der Waals surface area contributed by atoms with E-state index in [1.165, 1.54) is 11.3 Å². The van der Waals surface area contributed by atoms with Gasteiger partial charge in [0.2, 0.25) is 0 Å². The SMILES string of the molecule is CCN(CC)c1ccccc1C(C)CC=O. The molecule has 2 heteroatoms. The first-order chi connectivity index (χ1) is 7.74. The van der Waals surface area contributed by atoms with E-state index in [0.717, 1.165) is 19.4 Å². The van der Waals surface area contributed by atoms with Crippen LogP contribution in [0.3, 0.4) is 0 Å². The van der Waals surface area contributed by atoms with Gasteiger partial charge in [0, 0.05) is 25.2 Å². The highest BCUT2D eigenvalue weighted by Crippen LogP contribution is 2.28. The van der Waals surface area contributed by atoms with Crippen LogP contribution < -0.4 is 4.90 Å². The number of carbonyl (C=O) groups is 1. The van der Waals surface area contributed by atoms with Crippen LogP contribution in [0.1, 0.15) is 38.7 Å². The average Bonchev–Trinajstić information content (AvgIpc) is 2.31. The second-order valence-corrected chi connectivity index (χ2v) is 4.03. The maximum absolute atomic E-state index is 10.6. The summed E-state index contributed by atoms with van der Waals surface area (Å²) >= 11 is 0. The van der Waals surface area contributed by atoms with Crippen molar-refractivity contribution >= 4 is 12.0 Å². The van der Waals surface area contributed by atoms with E-state index in [1.54, 1.807) is 0 Å². The molecule has 0 amide bonds. The van der Waals surface area contributed by atoms with Crippen molar-refractivity contribution in [1.29, 1.82) is 0 Å². The Balaban J connectivity index is 3.03. The zero-order chi connectivity index (χ0) is 12.0. The smallest absolute Gasteiger partial charge is 0.120 e. The number of anilines is 1. The summed E-state index contributed by atoms with van der Waals surface area (Å²) in [5.74, 6) is 0.300. The number of nitrogens with zero attached hydrogens (tertiary/aromatic N) is 1. The van der Waals surface area contributed by atoms with Gasteiger partial charge in [0.15, 0.2) is 0 Å². The molecule has 1 unspecified atom stereocenters. The summed E-state index contributed by atoms with van der Waals surface area (Å²) in [6.45, 7) is 8.43. The zero-order valence-electron chi connectivity index (χ0n) is 10.4.